The van der Waals surface area contributed by atoms with Crippen molar-refractivity contribution in [3.63, 3.8) is 0 Å². The molecule has 0 radical (unpaired) electrons. The summed E-state index contributed by atoms with van der Waals surface area (Å²) in [6, 6.07) is 9.88. The van der Waals surface area contributed by atoms with E-state index in [1.807, 2.05) is 36.1 Å². The van der Waals surface area contributed by atoms with Crippen molar-refractivity contribution in [3.8, 4) is 11.5 Å². The van der Waals surface area contributed by atoms with Gasteiger partial charge in [-0.2, -0.15) is 0 Å². The Labute approximate surface area is 213 Å². The molecule has 2 aliphatic heterocycles. The van der Waals surface area contributed by atoms with Crippen LogP contribution in [0.1, 0.15) is 59.2 Å². The Morgan fingerprint density at radius 2 is 1.83 bits per heavy atom. The number of methoxy groups -OCH3 is 1. The molecule has 1 aliphatic carbocycles. The van der Waals surface area contributed by atoms with Crippen molar-refractivity contribution in [1.82, 2.24) is 9.80 Å². The Balaban J connectivity index is 1.16. The largest absolute Gasteiger partial charge is 0.496 e. The summed E-state index contributed by atoms with van der Waals surface area (Å²) in [6.45, 7) is 8.60. The number of carbonyl (C=O) groups is 2. The molecule has 0 bridgehead atoms. The van der Waals surface area contributed by atoms with Crippen LogP contribution in [0.3, 0.4) is 0 Å². The van der Waals surface area contributed by atoms with Crippen LogP contribution >= 0.6 is 0 Å². The number of carbonyl (C=O) groups excluding carboxylic acids is 2. The van der Waals surface area contributed by atoms with Gasteiger partial charge < -0.3 is 19.7 Å². The smallest absolute Gasteiger partial charge is 0.254 e. The second kappa shape index (κ2) is 10.5. The predicted molar refractivity (Wildman–Crippen MR) is 140 cm³/mol. The molecule has 36 heavy (non-hydrogen) atoms. The molecule has 2 aromatic rings. The van der Waals surface area contributed by atoms with Gasteiger partial charge in [-0.05, 0) is 93.9 Å². The highest BCUT2D eigenvalue weighted by Gasteiger charge is 2.37. The molecule has 7 heteroatoms. The molecule has 0 spiro atoms. The van der Waals surface area contributed by atoms with Gasteiger partial charge in [0.05, 0.1) is 7.11 Å². The highest BCUT2D eigenvalue weighted by Crippen LogP contribution is 2.36. The second-order valence-corrected chi connectivity index (χ2v) is 10.4. The van der Waals surface area contributed by atoms with Crippen LogP contribution in [0.4, 0.5) is 5.69 Å². The quantitative estimate of drug-likeness (QED) is 0.587. The lowest BCUT2D eigenvalue weighted by Crippen LogP contribution is -2.40. The first-order valence-electron chi connectivity index (χ1n) is 13.2. The maximum Gasteiger partial charge on any atom is 0.254 e. The van der Waals surface area contributed by atoms with Gasteiger partial charge in [-0.3, -0.25) is 14.5 Å². The molecule has 0 atom stereocenters. The summed E-state index contributed by atoms with van der Waals surface area (Å²) in [5.41, 5.74) is 4.80. The van der Waals surface area contributed by atoms with Gasteiger partial charge in [0.2, 0.25) is 5.91 Å². The summed E-state index contributed by atoms with van der Waals surface area (Å²) in [5, 5.41) is 3.05. The van der Waals surface area contributed by atoms with Crippen LogP contribution in [0.5, 0.6) is 11.5 Å². The average molecular weight is 492 g/mol. The third-order valence-electron chi connectivity index (χ3n) is 8.08. The van der Waals surface area contributed by atoms with E-state index in [4.69, 9.17) is 9.47 Å². The van der Waals surface area contributed by atoms with E-state index in [2.05, 4.69) is 23.2 Å². The molecule has 192 valence electrons. The number of benzene rings is 2. The van der Waals surface area contributed by atoms with Gasteiger partial charge in [-0.15, -0.1) is 0 Å². The average Bonchev–Trinajstić information content (AvgIpc) is 3.19. The third kappa shape index (κ3) is 5.07. The van der Waals surface area contributed by atoms with E-state index >= 15 is 0 Å². The van der Waals surface area contributed by atoms with E-state index in [1.54, 1.807) is 7.11 Å². The zero-order chi connectivity index (χ0) is 25.2. The van der Waals surface area contributed by atoms with Crippen LogP contribution in [-0.4, -0.2) is 61.0 Å². The summed E-state index contributed by atoms with van der Waals surface area (Å²) in [4.78, 5) is 30.7. The summed E-state index contributed by atoms with van der Waals surface area (Å²) in [7, 11) is 1.64. The van der Waals surface area contributed by atoms with Crippen LogP contribution in [0, 0.1) is 19.8 Å². The van der Waals surface area contributed by atoms with E-state index in [-0.39, 0.29) is 23.8 Å². The minimum atomic E-state index is -0.0400. The maximum absolute atomic E-state index is 13.4. The lowest BCUT2D eigenvalue weighted by atomic mass is 9.84. The first-order chi connectivity index (χ1) is 17.4. The Bertz CT molecular complexity index is 1140. The van der Waals surface area contributed by atoms with E-state index in [0.717, 1.165) is 84.8 Å². The van der Waals surface area contributed by atoms with E-state index < -0.39 is 0 Å². The Kier molecular flexibility index (Phi) is 7.19. The molecule has 2 amide bonds. The van der Waals surface area contributed by atoms with Crippen molar-refractivity contribution in [3.05, 3.63) is 52.6 Å². The van der Waals surface area contributed by atoms with Crippen LogP contribution in [0.15, 0.2) is 30.3 Å². The van der Waals surface area contributed by atoms with Crippen LogP contribution in [0.25, 0.3) is 0 Å². The van der Waals surface area contributed by atoms with Crippen molar-refractivity contribution in [2.45, 2.75) is 58.5 Å². The Morgan fingerprint density at radius 1 is 1.06 bits per heavy atom. The standard InChI is InChI=1S/C29H37N3O4/c1-19-5-8-22(16-27(19)35-3)30-28(33)21-6-9-23(10-7-21)32-18-26-20(2)15-24(17-25(26)29(32)34)36-14-13-31-11-4-12-31/h5,8,15-17,21,23H,4,6-7,9-14,18H2,1-3H3,(H,30,33). The highest BCUT2D eigenvalue weighted by atomic mass is 16.5. The number of fused-ring (bicyclic) bond motifs is 1. The molecule has 2 heterocycles. The number of hydrogen-bond donors (Lipinski definition) is 1. The number of hydrogen-bond acceptors (Lipinski definition) is 5. The maximum atomic E-state index is 13.4. The number of ether oxygens (including phenoxy) is 2. The topological polar surface area (TPSA) is 71.1 Å². The number of amides is 2. The van der Waals surface area contributed by atoms with Crippen molar-refractivity contribution in [2.75, 3.05) is 38.7 Å². The van der Waals surface area contributed by atoms with Crippen LogP contribution < -0.4 is 14.8 Å². The summed E-state index contributed by atoms with van der Waals surface area (Å²) in [6.07, 6.45) is 4.52. The number of anilines is 1. The van der Waals surface area contributed by atoms with Crippen molar-refractivity contribution < 1.29 is 19.1 Å². The number of aryl methyl sites for hydroxylation is 2. The van der Waals surface area contributed by atoms with Gasteiger partial charge in [-0.25, -0.2) is 0 Å². The first-order valence-corrected chi connectivity index (χ1v) is 13.2. The van der Waals surface area contributed by atoms with E-state index in [0.29, 0.717) is 13.2 Å². The predicted octanol–water partition coefficient (Wildman–Crippen LogP) is 4.55. The van der Waals surface area contributed by atoms with Crippen LogP contribution in [0.2, 0.25) is 0 Å². The first kappa shape index (κ1) is 24.6. The molecule has 1 saturated carbocycles. The monoisotopic (exact) mass is 491 g/mol. The van der Waals surface area contributed by atoms with Gasteiger partial charge >= 0.3 is 0 Å². The summed E-state index contributed by atoms with van der Waals surface area (Å²) >= 11 is 0. The summed E-state index contributed by atoms with van der Waals surface area (Å²) < 4.78 is 11.4. The van der Waals surface area contributed by atoms with Crippen molar-refractivity contribution >= 4 is 17.5 Å². The molecule has 7 nitrogen and oxygen atoms in total. The number of rotatable bonds is 8. The Hall–Kier alpha value is -3.06. The molecular formula is C29H37N3O4. The van der Waals surface area contributed by atoms with Gasteiger partial charge in [0.15, 0.2) is 0 Å². The van der Waals surface area contributed by atoms with E-state index in [9.17, 15) is 9.59 Å². The van der Waals surface area contributed by atoms with Gasteiger partial charge in [0.1, 0.15) is 18.1 Å². The second-order valence-electron chi connectivity index (χ2n) is 10.4. The Morgan fingerprint density at radius 3 is 2.53 bits per heavy atom. The molecule has 0 unspecified atom stereocenters. The molecule has 5 rings (SSSR count). The lowest BCUT2D eigenvalue weighted by molar-refractivity contribution is -0.121. The normalized spacial score (nSPS) is 21.6. The van der Waals surface area contributed by atoms with Gasteiger partial charge in [0, 0.05) is 42.4 Å². The minimum absolute atomic E-state index is 0.0400. The highest BCUT2D eigenvalue weighted by molar-refractivity contribution is 5.99. The molecule has 1 saturated heterocycles. The molecular weight excluding hydrogens is 454 g/mol. The molecule has 3 aliphatic rings. The zero-order valence-corrected chi connectivity index (χ0v) is 21.6. The minimum Gasteiger partial charge on any atom is -0.496 e. The van der Waals surface area contributed by atoms with E-state index in [1.165, 1.54) is 6.42 Å². The molecule has 1 N–H and O–H groups in total. The summed E-state index contributed by atoms with van der Waals surface area (Å²) in [5.74, 6) is 1.66. The SMILES string of the molecule is COc1cc(NC(=O)C2CCC(N3Cc4c(C)cc(OCCN5CCC5)cc4C3=O)CC2)ccc1C. The molecule has 0 aromatic heterocycles. The van der Waals surface area contributed by atoms with Crippen molar-refractivity contribution in [1.29, 1.82) is 0 Å². The zero-order valence-electron chi connectivity index (χ0n) is 21.6. The van der Waals surface area contributed by atoms with Gasteiger partial charge in [-0.1, -0.05) is 6.07 Å². The molecule has 2 fully saturated rings. The number of nitrogens with one attached hydrogen (secondary N) is 1. The molecule has 2 aromatic carbocycles. The fraction of sp³-hybridized carbons (Fsp3) is 0.517. The fourth-order valence-electron chi connectivity index (χ4n) is 5.65. The van der Waals surface area contributed by atoms with Gasteiger partial charge in [0.25, 0.3) is 5.91 Å². The number of nitrogens with zero attached hydrogens (tertiary/aromatic N) is 2. The third-order valence-corrected chi connectivity index (χ3v) is 8.08. The lowest BCUT2D eigenvalue weighted by Gasteiger charge is -2.34. The number of likely N-dealkylation sites (tertiary alicyclic amines) is 1. The van der Waals surface area contributed by atoms with Crippen molar-refractivity contribution in [2.24, 2.45) is 5.92 Å². The fourth-order valence-corrected chi connectivity index (χ4v) is 5.65. The van der Waals surface area contributed by atoms with Crippen LogP contribution in [-0.2, 0) is 11.3 Å².